The Bertz CT molecular complexity index is 1130. The minimum Gasteiger partial charge on any atom is -0.481 e. The van der Waals surface area contributed by atoms with Crippen molar-refractivity contribution in [2.45, 2.75) is 38.6 Å². The number of aryl methyl sites for hydroxylation is 2. The summed E-state index contributed by atoms with van der Waals surface area (Å²) in [4.78, 5) is 12.5. The molecule has 0 aliphatic heterocycles. The quantitative estimate of drug-likeness (QED) is 0.283. The van der Waals surface area contributed by atoms with Gasteiger partial charge in [0.2, 0.25) is 5.91 Å². The molecule has 1 atom stereocenters. The minimum atomic E-state index is -0.404. The summed E-state index contributed by atoms with van der Waals surface area (Å²) in [6.07, 6.45) is 1.35. The van der Waals surface area contributed by atoms with E-state index in [4.69, 9.17) is 27.9 Å². The molecule has 1 heterocycles. The van der Waals surface area contributed by atoms with Gasteiger partial charge in [0.05, 0.1) is 10.8 Å². The SMILES string of the molecule is C=CCn1c(SCC(=O)Nc2cc(Cl)ccc2C)nnc1C(C)Oc1cc(C)ccc1Cl. The van der Waals surface area contributed by atoms with Crippen molar-refractivity contribution in [3.8, 4) is 5.75 Å². The van der Waals surface area contributed by atoms with Crippen LogP contribution in [0.3, 0.4) is 0 Å². The van der Waals surface area contributed by atoms with Gasteiger partial charge in [-0.2, -0.15) is 0 Å². The number of nitrogens with zero attached hydrogens (tertiary/aromatic N) is 3. The Morgan fingerprint density at radius 2 is 2.03 bits per heavy atom. The van der Waals surface area contributed by atoms with E-state index in [1.165, 1.54) is 11.8 Å². The van der Waals surface area contributed by atoms with Crippen LogP contribution in [-0.2, 0) is 11.3 Å². The number of rotatable bonds is 9. The number of ether oxygens (including phenoxy) is 1. The fourth-order valence-electron chi connectivity index (χ4n) is 3.00. The van der Waals surface area contributed by atoms with Gasteiger partial charge < -0.3 is 10.1 Å². The summed E-state index contributed by atoms with van der Waals surface area (Å²) in [5.41, 5.74) is 2.67. The second-order valence-corrected chi connectivity index (χ2v) is 9.02. The minimum absolute atomic E-state index is 0.161. The number of aromatic nitrogens is 3. The van der Waals surface area contributed by atoms with Gasteiger partial charge in [-0.05, 0) is 56.2 Å². The van der Waals surface area contributed by atoms with Crippen molar-refractivity contribution in [3.63, 3.8) is 0 Å². The number of halogens is 2. The van der Waals surface area contributed by atoms with E-state index < -0.39 is 6.10 Å². The van der Waals surface area contributed by atoms with Gasteiger partial charge in [-0.25, -0.2) is 0 Å². The van der Waals surface area contributed by atoms with E-state index in [0.717, 1.165) is 11.1 Å². The van der Waals surface area contributed by atoms with Crippen molar-refractivity contribution >= 4 is 46.6 Å². The third kappa shape index (κ3) is 6.06. The van der Waals surface area contributed by atoms with E-state index in [9.17, 15) is 4.79 Å². The molecule has 6 nitrogen and oxygen atoms in total. The average molecular weight is 491 g/mol. The van der Waals surface area contributed by atoms with Gasteiger partial charge in [0.25, 0.3) is 0 Å². The first-order valence-corrected chi connectivity index (χ1v) is 11.7. The summed E-state index contributed by atoms with van der Waals surface area (Å²) in [5, 5.41) is 13.1. The van der Waals surface area contributed by atoms with Crippen LogP contribution in [0.25, 0.3) is 0 Å². The topological polar surface area (TPSA) is 69.0 Å². The molecule has 0 aliphatic rings. The molecular formula is C23H24Cl2N4O2S. The number of nitrogens with one attached hydrogen (secondary N) is 1. The fraction of sp³-hybridized carbons (Fsp3) is 0.261. The molecule has 0 fully saturated rings. The molecule has 1 unspecified atom stereocenters. The summed E-state index contributed by atoms with van der Waals surface area (Å²) >= 11 is 13.6. The zero-order valence-corrected chi connectivity index (χ0v) is 20.4. The first kappa shape index (κ1) is 24.2. The van der Waals surface area contributed by atoms with Gasteiger partial charge in [-0.15, -0.1) is 16.8 Å². The number of carbonyl (C=O) groups excluding carboxylic acids is 1. The summed E-state index contributed by atoms with van der Waals surface area (Å²) < 4.78 is 7.93. The second-order valence-electron chi connectivity index (χ2n) is 7.23. The highest BCUT2D eigenvalue weighted by Crippen LogP contribution is 2.30. The standard InChI is InChI=1S/C23H24Cl2N4O2S/c1-5-10-29-22(16(4)31-20-11-14(2)6-9-18(20)25)27-28-23(29)32-13-21(30)26-19-12-17(24)8-7-15(19)3/h5-9,11-12,16H,1,10,13H2,2-4H3,(H,26,30). The molecule has 1 aromatic heterocycles. The fourth-order valence-corrected chi connectivity index (χ4v) is 4.09. The number of amides is 1. The Kier molecular flexibility index (Phi) is 8.23. The molecule has 32 heavy (non-hydrogen) atoms. The van der Waals surface area contributed by atoms with Crippen LogP contribution in [0, 0.1) is 13.8 Å². The van der Waals surface area contributed by atoms with E-state index >= 15 is 0 Å². The molecule has 2 aromatic carbocycles. The van der Waals surface area contributed by atoms with E-state index in [1.807, 2.05) is 43.5 Å². The lowest BCUT2D eigenvalue weighted by atomic mass is 10.2. The normalized spacial score (nSPS) is 11.8. The monoisotopic (exact) mass is 490 g/mol. The van der Waals surface area contributed by atoms with Gasteiger partial charge in [0, 0.05) is 17.3 Å². The van der Waals surface area contributed by atoms with Crippen LogP contribution in [0.2, 0.25) is 10.0 Å². The number of hydrogen-bond donors (Lipinski definition) is 1. The zero-order chi connectivity index (χ0) is 23.3. The van der Waals surface area contributed by atoms with Crippen LogP contribution in [-0.4, -0.2) is 26.4 Å². The predicted molar refractivity (Wildman–Crippen MR) is 131 cm³/mol. The van der Waals surface area contributed by atoms with Crippen molar-refractivity contribution in [1.29, 1.82) is 0 Å². The van der Waals surface area contributed by atoms with Gasteiger partial charge in [0.15, 0.2) is 17.1 Å². The smallest absolute Gasteiger partial charge is 0.234 e. The molecule has 9 heteroatoms. The van der Waals surface area contributed by atoms with E-state index in [0.29, 0.717) is 39.0 Å². The van der Waals surface area contributed by atoms with Gasteiger partial charge in [-0.1, -0.05) is 53.2 Å². The van der Waals surface area contributed by atoms with Gasteiger partial charge in [0.1, 0.15) is 5.75 Å². The van der Waals surface area contributed by atoms with Crippen LogP contribution >= 0.6 is 35.0 Å². The second kappa shape index (κ2) is 10.9. The van der Waals surface area contributed by atoms with Crippen LogP contribution in [0.4, 0.5) is 5.69 Å². The highest BCUT2D eigenvalue weighted by Gasteiger charge is 2.20. The summed E-state index contributed by atoms with van der Waals surface area (Å²) in [6.45, 7) is 10.1. The Labute approximate surface area is 202 Å². The lowest BCUT2D eigenvalue weighted by molar-refractivity contribution is -0.113. The first-order chi connectivity index (χ1) is 15.3. The van der Waals surface area contributed by atoms with Gasteiger partial charge in [-0.3, -0.25) is 9.36 Å². The molecule has 3 rings (SSSR count). The molecule has 0 aliphatic carbocycles. The molecule has 3 aromatic rings. The van der Waals surface area contributed by atoms with E-state index in [1.54, 1.807) is 24.3 Å². The van der Waals surface area contributed by atoms with Crippen molar-refractivity contribution in [1.82, 2.24) is 14.8 Å². The largest absolute Gasteiger partial charge is 0.481 e. The molecule has 168 valence electrons. The van der Waals surface area contributed by atoms with Crippen LogP contribution in [0.5, 0.6) is 5.75 Å². The van der Waals surface area contributed by atoms with Crippen LogP contribution < -0.4 is 10.1 Å². The molecule has 0 saturated carbocycles. The number of carbonyl (C=O) groups is 1. The highest BCUT2D eigenvalue weighted by atomic mass is 35.5. The molecule has 0 spiro atoms. The number of hydrogen-bond acceptors (Lipinski definition) is 5. The van der Waals surface area contributed by atoms with Crippen molar-refractivity contribution in [2.24, 2.45) is 0 Å². The zero-order valence-electron chi connectivity index (χ0n) is 18.1. The van der Waals surface area contributed by atoms with Gasteiger partial charge >= 0.3 is 0 Å². The van der Waals surface area contributed by atoms with Crippen molar-refractivity contribution < 1.29 is 9.53 Å². The van der Waals surface area contributed by atoms with Crippen molar-refractivity contribution in [3.05, 3.63) is 76.0 Å². The number of thioether (sulfide) groups is 1. The summed E-state index contributed by atoms with van der Waals surface area (Å²) in [6, 6.07) is 11.0. The maximum Gasteiger partial charge on any atom is 0.234 e. The van der Waals surface area contributed by atoms with E-state index in [-0.39, 0.29) is 11.7 Å². The van der Waals surface area contributed by atoms with Crippen LogP contribution in [0.1, 0.15) is 30.0 Å². The Hall–Kier alpha value is -2.48. The Balaban J connectivity index is 1.71. The number of benzene rings is 2. The van der Waals surface area contributed by atoms with E-state index in [2.05, 4.69) is 22.1 Å². The summed E-state index contributed by atoms with van der Waals surface area (Å²) in [7, 11) is 0. The molecular weight excluding hydrogens is 467 g/mol. The Morgan fingerprint density at radius 3 is 2.78 bits per heavy atom. The maximum atomic E-state index is 12.5. The maximum absolute atomic E-state index is 12.5. The lowest BCUT2D eigenvalue weighted by Gasteiger charge is -2.17. The van der Waals surface area contributed by atoms with Crippen molar-refractivity contribution in [2.75, 3.05) is 11.1 Å². The third-order valence-electron chi connectivity index (χ3n) is 4.62. The first-order valence-electron chi connectivity index (χ1n) is 9.94. The van der Waals surface area contributed by atoms with Crippen LogP contribution in [0.15, 0.2) is 54.2 Å². The number of allylic oxidation sites excluding steroid dienone is 1. The molecule has 0 bridgehead atoms. The molecule has 1 amide bonds. The summed E-state index contributed by atoms with van der Waals surface area (Å²) in [5.74, 6) is 1.21. The lowest BCUT2D eigenvalue weighted by Crippen LogP contribution is -2.16. The molecule has 0 radical (unpaired) electrons. The average Bonchev–Trinajstić information content (AvgIpc) is 3.15. The predicted octanol–water partition coefficient (Wildman–Crippen LogP) is 6.26. The molecule has 0 saturated heterocycles. The number of anilines is 1. The Morgan fingerprint density at radius 1 is 1.25 bits per heavy atom. The third-order valence-corrected chi connectivity index (χ3v) is 6.13. The molecule has 1 N–H and O–H groups in total. The highest BCUT2D eigenvalue weighted by molar-refractivity contribution is 7.99.